The molecular formula is C106H66N10. The van der Waals surface area contributed by atoms with Crippen LogP contribution in [-0.4, -0.2) is 49.8 Å². The molecule has 10 nitrogen and oxygen atoms in total. The highest BCUT2D eigenvalue weighted by molar-refractivity contribution is 6.05. The van der Waals surface area contributed by atoms with Gasteiger partial charge in [-0.05, 0) is 190 Å². The van der Waals surface area contributed by atoms with E-state index in [1.54, 1.807) is 0 Å². The Kier molecular flexibility index (Phi) is 17.3. The molecule has 22 aromatic rings. The summed E-state index contributed by atoms with van der Waals surface area (Å²) in [7, 11) is 0. The van der Waals surface area contributed by atoms with Crippen LogP contribution in [0.3, 0.4) is 0 Å². The fourth-order valence-corrected chi connectivity index (χ4v) is 15.9. The van der Waals surface area contributed by atoms with Crippen LogP contribution in [0.25, 0.3) is 222 Å². The zero-order valence-corrected chi connectivity index (χ0v) is 62.6. The number of nitrogens with zero attached hydrogens (tertiary/aromatic N) is 10. The normalized spacial score (nSPS) is 11.4. The van der Waals surface area contributed by atoms with Crippen molar-refractivity contribution in [1.82, 2.24) is 49.8 Å². The third kappa shape index (κ3) is 13.4. The predicted molar refractivity (Wildman–Crippen MR) is 476 cm³/mol. The van der Waals surface area contributed by atoms with E-state index >= 15 is 0 Å². The van der Waals surface area contributed by atoms with Crippen molar-refractivity contribution in [2.24, 2.45) is 0 Å². The highest BCUT2D eigenvalue weighted by Crippen LogP contribution is 2.41. The Morgan fingerprint density at radius 3 is 0.871 bits per heavy atom. The average Bonchev–Trinajstić information content (AvgIpc) is 0.776. The Bertz CT molecular complexity index is 7500. The summed E-state index contributed by atoms with van der Waals surface area (Å²) in [5, 5.41) is 8.70. The molecule has 0 atom stereocenters. The fraction of sp³-hybridized carbons (Fsp3) is 0. The number of rotatable bonds is 12. The lowest BCUT2D eigenvalue weighted by molar-refractivity contribution is 1.32. The molecule has 0 spiro atoms. The molecular weight excluding hydrogens is 1410 g/mol. The van der Waals surface area contributed by atoms with Gasteiger partial charge >= 0.3 is 0 Å². The molecule has 10 heteroatoms. The molecule has 0 aliphatic heterocycles. The maximum atomic E-state index is 5.26. The zero-order chi connectivity index (χ0) is 76.8. The molecule has 116 heavy (non-hydrogen) atoms. The van der Waals surface area contributed by atoms with Crippen molar-refractivity contribution >= 4 is 87.2 Å². The van der Waals surface area contributed by atoms with Crippen LogP contribution in [-0.2, 0) is 0 Å². The summed E-state index contributed by atoms with van der Waals surface area (Å²) < 4.78 is 0. The summed E-state index contributed by atoms with van der Waals surface area (Å²) >= 11 is 0. The second-order valence-electron chi connectivity index (χ2n) is 29.1. The van der Waals surface area contributed by atoms with Crippen molar-refractivity contribution in [3.63, 3.8) is 0 Å². The minimum absolute atomic E-state index is 0.899. The van der Waals surface area contributed by atoms with Gasteiger partial charge in [-0.3, -0.25) is 19.9 Å². The van der Waals surface area contributed by atoms with Crippen LogP contribution in [0.4, 0.5) is 0 Å². The Labute approximate surface area is 668 Å². The van der Waals surface area contributed by atoms with E-state index in [2.05, 4.69) is 329 Å². The molecule has 0 unspecified atom stereocenters. The van der Waals surface area contributed by atoms with E-state index in [0.717, 1.165) is 222 Å². The first-order valence-electron chi connectivity index (χ1n) is 38.8. The van der Waals surface area contributed by atoms with Gasteiger partial charge in [0, 0.05) is 112 Å². The van der Waals surface area contributed by atoms with Gasteiger partial charge in [0.15, 0.2) is 0 Å². The van der Waals surface area contributed by atoms with Crippen LogP contribution in [0, 0.1) is 0 Å². The molecule has 0 saturated heterocycles. The maximum absolute atomic E-state index is 5.26. The van der Waals surface area contributed by atoms with Crippen LogP contribution in [0.5, 0.6) is 0 Å². The van der Waals surface area contributed by atoms with Crippen LogP contribution in [0.15, 0.2) is 401 Å². The Morgan fingerprint density at radius 2 is 0.431 bits per heavy atom. The van der Waals surface area contributed by atoms with E-state index < -0.39 is 0 Å². The van der Waals surface area contributed by atoms with Crippen molar-refractivity contribution in [2.75, 3.05) is 0 Å². The number of fused-ring (bicyclic) bond motifs is 9. The number of pyridine rings is 10. The van der Waals surface area contributed by atoms with Crippen LogP contribution >= 0.6 is 0 Å². The fourth-order valence-electron chi connectivity index (χ4n) is 15.9. The van der Waals surface area contributed by atoms with Gasteiger partial charge in [0.2, 0.25) is 0 Å². The molecule has 0 aliphatic rings. The Balaban J connectivity index is 0.000000145. The lowest BCUT2D eigenvalue weighted by Crippen LogP contribution is -1.91. The summed E-state index contributed by atoms with van der Waals surface area (Å²) in [5.41, 5.74) is 32.2. The first-order chi connectivity index (χ1) is 57.4. The van der Waals surface area contributed by atoms with Crippen LogP contribution < -0.4 is 0 Å². The van der Waals surface area contributed by atoms with Gasteiger partial charge in [0.1, 0.15) is 0 Å². The van der Waals surface area contributed by atoms with E-state index in [9.17, 15) is 0 Å². The highest BCUT2D eigenvalue weighted by Gasteiger charge is 2.18. The monoisotopic (exact) mass is 1480 g/mol. The topological polar surface area (TPSA) is 129 Å². The first kappa shape index (κ1) is 68.3. The molecule has 540 valence electrons. The molecule has 22 rings (SSSR count). The molecule has 0 amide bonds. The second kappa shape index (κ2) is 29.5. The molecule has 0 saturated carbocycles. The minimum Gasteiger partial charge on any atom is -0.256 e. The number of hydrogen-bond acceptors (Lipinski definition) is 10. The maximum Gasteiger partial charge on any atom is 0.0972 e. The van der Waals surface area contributed by atoms with E-state index in [1.165, 1.54) is 0 Å². The van der Waals surface area contributed by atoms with E-state index in [1.807, 2.05) is 91.5 Å². The molecule has 0 N–H and O–H groups in total. The number of aromatic nitrogens is 10. The SMILES string of the molecule is c1ccc(-c2ccc3ccc4ccc(-c5cccc(-c6ccc7ccc(-c8ccc9ccc(-c%10cccc(-c%11ccccn%11)c%10)nc9c8)nc7c6)c5)nc4c3n2)cc1.c1ccc(-c2cccc(-c3ccc4ccc(-c5ccc6ccc(-c7cc(-c8ccnc9ccccc89)cc(-c8ccnc9ccccc89)c7)cc6n5)cc4n3)c2)nc1. The van der Waals surface area contributed by atoms with Crippen molar-refractivity contribution in [2.45, 2.75) is 0 Å². The minimum atomic E-state index is 0.899. The predicted octanol–water partition coefficient (Wildman–Crippen LogP) is 26.6. The molecule has 10 heterocycles. The largest absolute Gasteiger partial charge is 0.256 e. The van der Waals surface area contributed by atoms with Gasteiger partial charge < -0.3 is 0 Å². The summed E-state index contributed by atoms with van der Waals surface area (Å²) in [5.74, 6) is 0. The van der Waals surface area contributed by atoms with Gasteiger partial charge in [-0.1, -0.05) is 231 Å². The van der Waals surface area contributed by atoms with Gasteiger partial charge in [0.05, 0.1) is 89.7 Å². The van der Waals surface area contributed by atoms with Crippen molar-refractivity contribution in [1.29, 1.82) is 0 Å². The lowest BCUT2D eigenvalue weighted by atomic mass is 9.91. The van der Waals surface area contributed by atoms with E-state index in [-0.39, 0.29) is 0 Å². The summed E-state index contributed by atoms with van der Waals surface area (Å²) in [6, 6.07) is 131. The molecule has 10 aromatic heterocycles. The van der Waals surface area contributed by atoms with E-state index in [0.29, 0.717) is 0 Å². The lowest BCUT2D eigenvalue weighted by Gasteiger charge is -2.14. The van der Waals surface area contributed by atoms with Crippen molar-refractivity contribution < 1.29 is 0 Å². The molecule has 0 fully saturated rings. The average molecular weight is 1480 g/mol. The highest BCUT2D eigenvalue weighted by atomic mass is 14.8. The van der Waals surface area contributed by atoms with Gasteiger partial charge in [-0.25, -0.2) is 29.9 Å². The van der Waals surface area contributed by atoms with Crippen LogP contribution in [0.1, 0.15) is 0 Å². The van der Waals surface area contributed by atoms with Crippen molar-refractivity contribution in [3.05, 3.63) is 401 Å². The Morgan fingerprint density at radius 1 is 0.138 bits per heavy atom. The Hall–Kier alpha value is -15.8. The van der Waals surface area contributed by atoms with Crippen LogP contribution in [0.2, 0.25) is 0 Å². The standard InChI is InChI=1S/2C53H33N5/c1-3-13-50-45(10-1)43(23-26-55-50)41-29-40(30-42(31-41)44-24-27-56-51-14-4-2-11-46(44)51)36-17-15-34-20-22-49(58-52(34)32-36)39-18-16-35-19-21-48(57-53(35)33-39)38-9-7-8-37(28-38)47-12-5-6-25-54-47;1-2-8-34(9-3-1)46-27-23-37-17-18-38-24-28-49(58-53(38)52(37)57-46)42-12-6-10-39(30-42)40-19-15-35-22-26-48(56-50(35)32-40)44-20-16-36-21-25-47(55-51(36)33-44)43-13-7-11-41(31-43)45-14-4-5-29-54-45/h2*1-33H. The third-order valence-electron chi connectivity index (χ3n) is 21.9. The second-order valence-corrected chi connectivity index (χ2v) is 29.1. The number of hydrogen-bond donors (Lipinski definition) is 0. The first-order valence-corrected chi connectivity index (χ1v) is 38.8. The quantitative estimate of drug-likeness (QED) is 0.109. The zero-order valence-electron chi connectivity index (χ0n) is 62.6. The molecule has 0 bridgehead atoms. The smallest absolute Gasteiger partial charge is 0.0972 e. The molecule has 12 aromatic carbocycles. The van der Waals surface area contributed by atoms with Gasteiger partial charge in [0.25, 0.3) is 0 Å². The molecule has 0 radical (unpaired) electrons. The summed E-state index contributed by atoms with van der Waals surface area (Å²) in [6.45, 7) is 0. The third-order valence-corrected chi connectivity index (χ3v) is 21.9. The van der Waals surface area contributed by atoms with Crippen molar-refractivity contribution in [3.8, 4) is 135 Å². The molecule has 0 aliphatic carbocycles. The van der Waals surface area contributed by atoms with Gasteiger partial charge in [-0.2, -0.15) is 0 Å². The van der Waals surface area contributed by atoms with E-state index in [4.69, 9.17) is 29.9 Å². The summed E-state index contributed by atoms with van der Waals surface area (Å²) in [6.07, 6.45) is 7.45. The summed E-state index contributed by atoms with van der Waals surface area (Å²) in [4.78, 5) is 49.4. The number of para-hydroxylation sites is 2. The number of benzene rings is 12. The van der Waals surface area contributed by atoms with Gasteiger partial charge in [-0.15, -0.1) is 0 Å².